The standard InChI is InChI=1S/C25H34N2O4/c1-19-7-6-8-20(2)23(19)15-21(28)16-26-11-13-27(14-12-26)17-22(29)18-31-25-10-5-4-9-24(25)30-3/h4-10,22,29H,11-18H2,1-3H3/i1D3,2D3,3D3,6D,11D2,12D2,13D2,14D2,17D2,18D2,22D. The van der Waals surface area contributed by atoms with Gasteiger partial charge in [-0.25, -0.2) is 0 Å². The highest BCUT2D eigenvalue weighted by molar-refractivity contribution is 5.83. The number of ketones is 1. The normalized spacial score (nSPS) is 36.7. The Morgan fingerprint density at radius 3 is 2.55 bits per heavy atom. The van der Waals surface area contributed by atoms with Crippen LogP contribution in [0, 0.1) is 13.7 Å². The summed E-state index contributed by atoms with van der Waals surface area (Å²) < 4.78 is 197. The fraction of sp³-hybridized carbons (Fsp3) is 0.480. The predicted octanol–water partition coefficient (Wildman–Crippen LogP) is 2.48. The van der Waals surface area contributed by atoms with E-state index >= 15 is 0 Å². The van der Waals surface area contributed by atoms with Crippen LogP contribution in [-0.4, -0.2) is 79.4 Å². The van der Waals surface area contributed by atoms with Crippen molar-refractivity contribution in [3.63, 3.8) is 0 Å². The van der Waals surface area contributed by atoms with Gasteiger partial charge in [0.25, 0.3) is 0 Å². The van der Waals surface area contributed by atoms with Crippen LogP contribution in [0.4, 0.5) is 0 Å². The highest BCUT2D eigenvalue weighted by atomic mass is 16.5. The third kappa shape index (κ3) is 6.79. The summed E-state index contributed by atoms with van der Waals surface area (Å²) >= 11 is 0. The van der Waals surface area contributed by atoms with Crippen LogP contribution in [0.2, 0.25) is 0 Å². The molecule has 1 saturated heterocycles. The minimum absolute atomic E-state index is 0.325. The van der Waals surface area contributed by atoms with Crippen LogP contribution < -0.4 is 9.47 Å². The zero-order valence-corrected chi connectivity index (χ0v) is 15.9. The number of carbonyl (C=O) groups is 1. The second-order valence-electron chi connectivity index (χ2n) is 6.06. The largest absolute Gasteiger partial charge is 0.493 e. The zero-order chi connectivity index (χ0) is 42.3. The molecule has 31 heavy (non-hydrogen) atoms. The molecular formula is C25H34N2O4. The number of nitrogens with zero attached hydrogens (tertiary/aromatic N) is 2. The molecule has 1 N–H and O–H groups in total. The van der Waals surface area contributed by atoms with E-state index in [1.165, 1.54) is 6.07 Å². The van der Waals surface area contributed by atoms with Crippen LogP contribution in [0.15, 0.2) is 42.4 Å². The lowest BCUT2D eigenvalue weighted by molar-refractivity contribution is -0.120. The molecule has 1 fully saturated rings. The molecule has 168 valence electrons. The first-order valence-corrected chi connectivity index (χ1v) is 8.72. The van der Waals surface area contributed by atoms with E-state index in [0.29, 0.717) is 0 Å². The van der Waals surface area contributed by atoms with Gasteiger partial charge < -0.3 is 14.6 Å². The number of hydrogen-bond donors (Lipinski definition) is 1. The molecule has 1 heterocycles. The summed E-state index contributed by atoms with van der Waals surface area (Å²) in [4.78, 5) is 12.2. The van der Waals surface area contributed by atoms with Crippen molar-refractivity contribution in [1.82, 2.24) is 9.80 Å². The van der Waals surface area contributed by atoms with Crippen molar-refractivity contribution in [2.24, 2.45) is 0 Å². The van der Waals surface area contributed by atoms with Gasteiger partial charge >= 0.3 is 0 Å². The van der Waals surface area contributed by atoms with Crippen molar-refractivity contribution in [3.8, 4) is 11.5 Å². The lowest BCUT2D eigenvalue weighted by atomic mass is 9.98. The van der Waals surface area contributed by atoms with E-state index in [-0.39, 0.29) is 4.90 Å². The first-order chi connectivity index (χ1) is 23.8. The molecule has 1 atom stereocenters. The Bertz CT molecular complexity index is 1670. The highest BCUT2D eigenvalue weighted by Gasteiger charge is 2.21. The molecule has 0 amide bonds. The van der Waals surface area contributed by atoms with Gasteiger partial charge in [-0.15, -0.1) is 0 Å². The van der Waals surface area contributed by atoms with E-state index in [9.17, 15) is 9.90 Å². The molecular weight excluding hydrogens is 392 g/mol. The molecule has 0 aliphatic carbocycles. The van der Waals surface area contributed by atoms with Crippen molar-refractivity contribution in [2.75, 3.05) is 52.6 Å². The van der Waals surface area contributed by atoms with Crippen molar-refractivity contribution in [2.45, 2.75) is 26.2 Å². The van der Waals surface area contributed by atoms with Gasteiger partial charge in [-0.1, -0.05) is 30.3 Å². The summed E-state index contributed by atoms with van der Waals surface area (Å²) in [6.45, 7) is -33.1. The number of ether oxygens (including phenoxy) is 2. The van der Waals surface area contributed by atoms with Crippen LogP contribution in [0.25, 0.3) is 0 Å². The van der Waals surface area contributed by atoms with Crippen LogP contribution >= 0.6 is 0 Å². The van der Waals surface area contributed by atoms with Gasteiger partial charge in [0, 0.05) is 60.8 Å². The second-order valence-corrected chi connectivity index (χ2v) is 6.06. The maximum Gasteiger partial charge on any atom is 0.161 e. The smallest absolute Gasteiger partial charge is 0.161 e. The van der Waals surface area contributed by atoms with Crippen molar-refractivity contribution < 1.29 is 50.9 Å². The Labute approximate surface area is 217 Å². The van der Waals surface area contributed by atoms with E-state index in [2.05, 4.69) is 0 Å². The third-order valence-corrected chi connectivity index (χ3v) is 3.84. The molecule has 2 aromatic carbocycles. The number of rotatable bonds is 10. The number of methoxy groups -OCH3 is 1. The second kappa shape index (κ2) is 11.3. The lowest BCUT2D eigenvalue weighted by Gasteiger charge is -2.35. The molecule has 6 heteroatoms. The minimum atomic E-state index is -4.54. The van der Waals surface area contributed by atoms with Gasteiger partial charge in [-0.3, -0.25) is 14.6 Å². The Kier molecular flexibility index (Phi) is 2.76. The molecule has 0 radical (unpaired) electrons. The van der Waals surface area contributed by atoms with Gasteiger partial charge in [0.15, 0.2) is 17.3 Å². The fourth-order valence-electron chi connectivity index (χ4n) is 2.41. The molecule has 0 bridgehead atoms. The number of benzene rings is 2. The molecule has 0 saturated carbocycles. The van der Waals surface area contributed by atoms with Crippen LogP contribution in [0.3, 0.4) is 0 Å². The van der Waals surface area contributed by atoms with E-state index < -0.39 is 124 Å². The zero-order valence-electron chi connectivity index (χ0n) is 38.9. The summed E-state index contributed by atoms with van der Waals surface area (Å²) in [6, 6.07) is 5.14. The SMILES string of the molecule is [2H]c1cc(C([2H])([2H])[2H])c(CC(=O)CN2C([2H])([2H])C([2H])([2H])N(C([2H])([2H])C([2H])(O)C([2H])([2H])Oc3ccccc3OC([2H])([2H])[2H])C([2H])([2H])C2([2H])[2H])c(C([2H])([2H])[2H])c1. The average molecular weight is 450 g/mol. The number of hydrogen-bond acceptors (Lipinski definition) is 6. The van der Waals surface area contributed by atoms with Crippen molar-refractivity contribution >= 4 is 5.78 Å². The maximum atomic E-state index is 13.5. The van der Waals surface area contributed by atoms with Gasteiger partial charge in [-0.05, 0) is 42.5 Å². The predicted molar refractivity (Wildman–Crippen MR) is 122 cm³/mol. The molecule has 1 aliphatic rings. The topological polar surface area (TPSA) is 62.2 Å². The quantitative estimate of drug-likeness (QED) is 0.601. The number of aryl methyl sites for hydroxylation is 2. The Hall–Kier alpha value is -2.41. The first-order valence-electron chi connectivity index (χ1n) is 20.2. The van der Waals surface area contributed by atoms with Gasteiger partial charge in [0.2, 0.25) is 0 Å². The van der Waals surface area contributed by atoms with Crippen molar-refractivity contribution in [1.29, 1.82) is 0 Å². The van der Waals surface area contributed by atoms with Crippen LogP contribution in [-0.2, 0) is 11.2 Å². The molecule has 0 aromatic heterocycles. The summed E-state index contributed by atoms with van der Waals surface area (Å²) in [7, 11) is -3.15. The molecule has 1 aliphatic heterocycles. The van der Waals surface area contributed by atoms with E-state index in [4.69, 9.17) is 41.0 Å². The van der Waals surface area contributed by atoms with Crippen LogP contribution in [0.1, 0.15) is 48.2 Å². The van der Waals surface area contributed by atoms with E-state index in [0.717, 1.165) is 30.3 Å². The Balaban J connectivity index is 2.12. The Morgan fingerprint density at radius 1 is 1.19 bits per heavy atom. The van der Waals surface area contributed by atoms with Gasteiger partial charge in [0.1, 0.15) is 12.6 Å². The highest BCUT2D eigenvalue weighted by Crippen LogP contribution is 2.25. The van der Waals surface area contributed by atoms with E-state index in [1.807, 2.05) is 0 Å². The van der Waals surface area contributed by atoms with E-state index in [1.54, 1.807) is 0 Å². The summed E-state index contributed by atoms with van der Waals surface area (Å²) in [5.74, 6) is -2.94. The lowest BCUT2D eigenvalue weighted by Crippen LogP contribution is -2.50. The summed E-state index contributed by atoms with van der Waals surface area (Å²) in [5.41, 5.74) is -2.18. The molecule has 0 spiro atoms. The molecule has 3 rings (SSSR count). The first kappa shape index (κ1) is 7.58. The summed E-state index contributed by atoms with van der Waals surface area (Å²) in [6.07, 6.45) is -5.72. The van der Waals surface area contributed by atoms with Crippen molar-refractivity contribution in [3.05, 3.63) is 59.1 Å². The van der Waals surface area contributed by atoms with Gasteiger partial charge in [-0.2, -0.15) is 0 Å². The number of β-amino-alcohol motifs (C(OH)–C–C–N with tert-alkyl or cyclic N) is 1. The number of piperazine rings is 1. The minimum Gasteiger partial charge on any atom is -0.493 e. The Morgan fingerprint density at radius 2 is 1.87 bits per heavy atom. The molecule has 2 aromatic rings. The number of carbonyl (C=O) groups excluding carboxylic acids is 1. The number of aliphatic hydroxyl groups is 1. The monoisotopic (exact) mass is 449 g/mol. The average Bonchev–Trinajstić information content (AvgIpc) is 2.94. The fourth-order valence-corrected chi connectivity index (χ4v) is 2.41. The van der Waals surface area contributed by atoms with Crippen LogP contribution in [0.5, 0.6) is 11.5 Å². The number of para-hydroxylation sites is 2. The maximum absolute atomic E-state index is 13.5. The van der Waals surface area contributed by atoms with Gasteiger partial charge in [0.05, 0.1) is 23.2 Å². The number of Topliss-reactive ketones (excluding diaryl/α,β-unsaturated/α-hetero) is 1. The molecule has 1 unspecified atom stereocenters. The summed E-state index contributed by atoms with van der Waals surface area (Å²) in [5, 5.41) is 11.1. The third-order valence-electron chi connectivity index (χ3n) is 3.84. The molecule has 6 nitrogen and oxygen atoms in total.